The summed E-state index contributed by atoms with van der Waals surface area (Å²) in [6.45, 7) is 6.25. The van der Waals surface area contributed by atoms with Crippen molar-refractivity contribution in [3.05, 3.63) is 89.5 Å². The molecule has 1 aliphatic rings. The molecule has 2 atom stereocenters. The van der Waals surface area contributed by atoms with Crippen LogP contribution < -0.4 is 10.1 Å². The summed E-state index contributed by atoms with van der Waals surface area (Å²) in [5, 5.41) is 3.67. The fourth-order valence-electron chi connectivity index (χ4n) is 3.67. The van der Waals surface area contributed by atoms with E-state index < -0.39 is 0 Å². The van der Waals surface area contributed by atoms with E-state index in [9.17, 15) is 0 Å². The fourth-order valence-corrected chi connectivity index (χ4v) is 3.67. The van der Waals surface area contributed by atoms with Crippen LogP contribution in [0.15, 0.2) is 78.4 Å². The lowest BCUT2D eigenvalue weighted by atomic mass is 9.93. The van der Waals surface area contributed by atoms with Crippen LogP contribution in [0.3, 0.4) is 0 Å². The number of allylic oxidation sites excluding steroid dienone is 4. The summed E-state index contributed by atoms with van der Waals surface area (Å²) in [5.41, 5.74) is 4.13. The van der Waals surface area contributed by atoms with E-state index in [2.05, 4.69) is 73.8 Å². The van der Waals surface area contributed by atoms with Crippen molar-refractivity contribution in [1.29, 1.82) is 0 Å². The minimum atomic E-state index is 0.482. The zero-order valence-corrected chi connectivity index (χ0v) is 17.2. The third kappa shape index (κ3) is 7.01. The van der Waals surface area contributed by atoms with Gasteiger partial charge in [0.25, 0.3) is 0 Å². The quantitative estimate of drug-likeness (QED) is 0.507. The maximum atomic E-state index is 5.87. The monoisotopic (exact) mass is 375 g/mol. The highest BCUT2D eigenvalue weighted by Gasteiger charge is 2.07. The molecule has 2 aromatic carbocycles. The van der Waals surface area contributed by atoms with Gasteiger partial charge in [-0.25, -0.2) is 0 Å². The molecule has 148 valence electrons. The summed E-state index contributed by atoms with van der Waals surface area (Å²) in [5.74, 6) is 1.63. The molecular formula is C26H33NO. The molecule has 0 aliphatic heterocycles. The lowest BCUT2D eigenvalue weighted by molar-refractivity contribution is 0.306. The van der Waals surface area contributed by atoms with E-state index in [1.54, 1.807) is 5.57 Å². The standard InChI is InChI=1S/C26H33NO/c1-21-8-6-11-23(18-21)12-7-17-27-22(2)19-24-13-15-26(16-14-24)28-20-25-9-4-3-5-10-25/h3-6,8-11,13-16,21-22,27H,7,12,17-20H2,1-2H3. The van der Waals surface area contributed by atoms with Crippen molar-refractivity contribution >= 4 is 0 Å². The van der Waals surface area contributed by atoms with Crippen molar-refractivity contribution in [2.45, 2.75) is 52.2 Å². The Hall–Kier alpha value is -2.32. The molecule has 3 rings (SSSR count). The molecule has 0 radical (unpaired) electrons. The van der Waals surface area contributed by atoms with Crippen LogP contribution in [-0.4, -0.2) is 12.6 Å². The Bertz CT molecular complexity index is 761. The zero-order valence-electron chi connectivity index (χ0n) is 17.2. The largest absolute Gasteiger partial charge is 0.489 e. The van der Waals surface area contributed by atoms with E-state index in [4.69, 9.17) is 4.74 Å². The van der Waals surface area contributed by atoms with E-state index in [1.165, 1.54) is 30.4 Å². The molecule has 1 aliphatic carbocycles. The van der Waals surface area contributed by atoms with Crippen LogP contribution in [0, 0.1) is 5.92 Å². The van der Waals surface area contributed by atoms with Gasteiger partial charge in [0.1, 0.15) is 12.4 Å². The van der Waals surface area contributed by atoms with Gasteiger partial charge in [0.15, 0.2) is 0 Å². The van der Waals surface area contributed by atoms with Crippen LogP contribution in [0.5, 0.6) is 5.75 Å². The molecule has 0 amide bonds. The summed E-state index contributed by atoms with van der Waals surface area (Å²) in [6.07, 6.45) is 11.5. The molecule has 2 unspecified atom stereocenters. The van der Waals surface area contributed by atoms with Gasteiger partial charge in [-0.05, 0) is 68.3 Å². The number of nitrogens with one attached hydrogen (secondary N) is 1. The first-order valence-corrected chi connectivity index (χ1v) is 10.5. The Kier molecular flexibility index (Phi) is 7.93. The minimum absolute atomic E-state index is 0.482. The molecule has 0 fully saturated rings. The van der Waals surface area contributed by atoms with Crippen molar-refractivity contribution in [3.8, 4) is 5.75 Å². The minimum Gasteiger partial charge on any atom is -0.489 e. The van der Waals surface area contributed by atoms with Gasteiger partial charge >= 0.3 is 0 Å². The molecule has 0 spiro atoms. The molecular weight excluding hydrogens is 342 g/mol. The second-order valence-corrected chi connectivity index (χ2v) is 7.97. The Morgan fingerprint density at radius 3 is 2.57 bits per heavy atom. The average molecular weight is 376 g/mol. The van der Waals surface area contributed by atoms with E-state index >= 15 is 0 Å². The van der Waals surface area contributed by atoms with Crippen LogP contribution in [0.1, 0.15) is 44.2 Å². The molecule has 28 heavy (non-hydrogen) atoms. The molecule has 2 nitrogen and oxygen atoms in total. The van der Waals surface area contributed by atoms with Crippen LogP contribution in [-0.2, 0) is 13.0 Å². The second kappa shape index (κ2) is 10.9. The zero-order chi connectivity index (χ0) is 19.6. The molecule has 0 bridgehead atoms. The summed E-state index contributed by atoms with van der Waals surface area (Å²) in [6, 6.07) is 19.3. The number of hydrogen-bond donors (Lipinski definition) is 1. The first-order valence-electron chi connectivity index (χ1n) is 10.5. The normalized spacial score (nSPS) is 17.2. The average Bonchev–Trinajstić information content (AvgIpc) is 2.72. The Balaban J connectivity index is 1.34. The summed E-state index contributed by atoms with van der Waals surface area (Å²) in [4.78, 5) is 0. The maximum Gasteiger partial charge on any atom is 0.119 e. The van der Waals surface area contributed by atoms with E-state index in [-0.39, 0.29) is 0 Å². The first kappa shape index (κ1) is 20.4. The van der Waals surface area contributed by atoms with Crippen molar-refractivity contribution in [2.75, 3.05) is 6.54 Å². The van der Waals surface area contributed by atoms with Crippen LogP contribution in [0.25, 0.3) is 0 Å². The first-order chi connectivity index (χ1) is 13.7. The molecule has 0 heterocycles. The van der Waals surface area contributed by atoms with Gasteiger partial charge in [0.2, 0.25) is 0 Å². The predicted molar refractivity (Wildman–Crippen MR) is 119 cm³/mol. The lowest BCUT2D eigenvalue weighted by Gasteiger charge is -2.17. The molecule has 1 N–H and O–H groups in total. The van der Waals surface area contributed by atoms with Gasteiger partial charge in [-0.2, -0.15) is 0 Å². The van der Waals surface area contributed by atoms with E-state index in [0.717, 1.165) is 18.7 Å². The number of benzene rings is 2. The van der Waals surface area contributed by atoms with Gasteiger partial charge in [-0.3, -0.25) is 0 Å². The Morgan fingerprint density at radius 2 is 1.82 bits per heavy atom. The molecule has 0 aromatic heterocycles. The Labute approximate surface area is 170 Å². The van der Waals surface area contributed by atoms with E-state index in [1.807, 2.05) is 18.2 Å². The topological polar surface area (TPSA) is 21.3 Å². The summed E-state index contributed by atoms with van der Waals surface area (Å²) in [7, 11) is 0. The maximum absolute atomic E-state index is 5.87. The third-order valence-electron chi connectivity index (χ3n) is 5.24. The molecule has 0 saturated heterocycles. The highest BCUT2D eigenvalue weighted by molar-refractivity contribution is 5.28. The van der Waals surface area contributed by atoms with Gasteiger partial charge in [0, 0.05) is 6.04 Å². The van der Waals surface area contributed by atoms with Crippen molar-refractivity contribution < 1.29 is 4.74 Å². The highest BCUT2D eigenvalue weighted by atomic mass is 16.5. The SMILES string of the molecule is CC1C=CC=C(CCCNC(C)Cc2ccc(OCc3ccccc3)cc2)C1. The predicted octanol–water partition coefficient (Wildman–Crippen LogP) is 6.09. The Morgan fingerprint density at radius 1 is 1.04 bits per heavy atom. The molecule has 2 heteroatoms. The summed E-state index contributed by atoms with van der Waals surface area (Å²) >= 11 is 0. The number of hydrogen-bond acceptors (Lipinski definition) is 2. The second-order valence-electron chi connectivity index (χ2n) is 7.97. The van der Waals surface area contributed by atoms with Gasteiger partial charge < -0.3 is 10.1 Å². The molecule has 2 aromatic rings. The van der Waals surface area contributed by atoms with Gasteiger partial charge in [-0.15, -0.1) is 0 Å². The van der Waals surface area contributed by atoms with Crippen LogP contribution >= 0.6 is 0 Å². The van der Waals surface area contributed by atoms with Crippen molar-refractivity contribution in [3.63, 3.8) is 0 Å². The molecule has 0 saturated carbocycles. The summed E-state index contributed by atoms with van der Waals surface area (Å²) < 4.78 is 5.87. The van der Waals surface area contributed by atoms with Gasteiger partial charge in [-0.1, -0.05) is 73.2 Å². The highest BCUT2D eigenvalue weighted by Crippen LogP contribution is 2.21. The number of rotatable bonds is 10. The fraction of sp³-hybridized carbons (Fsp3) is 0.385. The van der Waals surface area contributed by atoms with Crippen LogP contribution in [0.4, 0.5) is 0 Å². The van der Waals surface area contributed by atoms with Crippen LogP contribution in [0.2, 0.25) is 0 Å². The third-order valence-corrected chi connectivity index (χ3v) is 5.24. The van der Waals surface area contributed by atoms with Gasteiger partial charge in [0.05, 0.1) is 0 Å². The smallest absolute Gasteiger partial charge is 0.119 e. The van der Waals surface area contributed by atoms with Crippen molar-refractivity contribution in [2.24, 2.45) is 5.92 Å². The van der Waals surface area contributed by atoms with E-state index in [0.29, 0.717) is 18.6 Å². The van der Waals surface area contributed by atoms with Crippen molar-refractivity contribution in [1.82, 2.24) is 5.32 Å². The lowest BCUT2D eigenvalue weighted by Crippen LogP contribution is -2.29. The number of ether oxygens (including phenoxy) is 1.